The maximum Gasteiger partial charge on any atom is 0.312 e. The first-order chi connectivity index (χ1) is 15.1. The minimum Gasteiger partial charge on any atom is -0.493 e. The highest BCUT2D eigenvalue weighted by Crippen LogP contribution is 2.32. The summed E-state index contributed by atoms with van der Waals surface area (Å²) in [5, 5.41) is 5.38. The number of hydrogen-bond acceptors (Lipinski definition) is 6. The number of carbonyl (C=O) groups excluding carboxylic acids is 2. The number of aromatic nitrogens is 1. The standard InChI is InChI=1S/C24H26N2O4S/c1-3-29-21-11-7-6-10-20(21)24-26-19(16-31-24)14-23(28)30-15-22(27)25-13-12-18-9-5-4-8-17(18)2/h4-11,16H,3,12-15H2,1-2H3,(H,25,27). The third-order valence-electron chi connectivity index (χ3n) is 4.64. The molecular weight excluding hydrogens is 412 g/mol. The van der Waals surface area contributed by atoms with Gasteiger partial charge in [-0.15, -0.1) is 11.3 Å². The molecule has 1 heterocycles. The number of benzene rings is 2. The van der Waals surface area contributed by atoms with Gasteiger partial charge in [-0.2, -0.15) is 0 Å². The molecular formula is C24H26N2O4S. The average molecular weight is 439 g/mol. The molecule has 1 amide bonds. The van der Waals surface area contributed by atoms with Gasteiger partial charge in [0.05, 0.1) is 24.3 Å². The second-order valence-electron chi connectivity index (χ2n) is 6.94. The molecule has 3 aromatic rings. The summed E-state index contributed by atoms with van der Waals surface area (Å²) in [5.74, 6) is -0.0358. The Morgan fingerprint density at radius 2 is 1.87 bits per heavy atom. The van der Waals surface area contributed by atoms with Gasteiger partial charge in [-0.1, -0.05) is 36.4 Å². The van der Waals surface area contributed by atoms with Gasteiger partial charge in [0.25, 0.3) is 5.91 Å². The first kappa shape index (κ1) is 22.5. The summed E-state index contributed by atoms with van der Waals surface area (Å²) in [6, 6.07) is 15.7. The predicted molar refractivity (Wildman–Crippen MR) is 121 cm³/mol. The molecule has 1 aromatic heterocycles. The summed E-state index contributed by atoms with van der Waals surface area (Å²) >= 11 is 1.44. The first-order valence-corrected chi connectivity index (χ1v) is 11.1. The van der Waals surface area contributed by atoms with Gasteiger partial charge in [-0.25, -0.2) is 4.98 Å². The molecule has 31 heavy (non-hydrogen) atoms. The van der Waals surface area contributed by atoms with Crippen molar-refractivity contribution in [1.82, 2.24) is 10.3 Å². The van der Waals surface area contributed by atoms with Crippen LogP contribution in [0, 0.1) is 6.92 Å². The van der Waals surface area contributed by atoms with Crippen molar-refractivity contribution in [3.05, 3.63) is 70.7 Å². The summed E-state index contributed by atoms with van der Waals surface area (Å²) in [5.41, 5.74) is 3.87. The number of rotatable bonds is 10. The molecule has 0 aliphatic rings. The molecule has 0 atom stereocenters. The number of nitrogens with zero attached hydrogens (tertiary/aromatic N) is 1. The summed E-state index contributed by atoms with van der Waals surface area (Å²) in [6.45, 7) is 4.73. The van der Waals surface area contributed by atoms with Gasteiger partial charge in [0.2, 0.25) is 0 Å². The Morgan fingerprint density at radius 3 is 2.68 bits per heavy atom. The molecule has 0 fully saturated rings. The lowest BCUT2D eigenvalue weighted by atomic mass is 10.1. The lowest BCUT2D eigenvalue weighted by Crippen LogP contribution is -2.30. The lowest BCUT2D eigenvalue weighted by Gasteiger charge is -2.08. The molecule has 0 spiro atoms. The van der Waals surface area contributed by atoms with Crippen LogP contribution in [0.1, 0.15) is 23.7 Å². The van der Waals surface area contributed by atoms with Crippen LogP contribution in [0.15, 0.2) is 53.9 Å². The monoisotopic (exact) mass is 438 g/mol. The number of esters is 1. The van der Waals surface area contributed by atoms with Gasteiger partial charge in [-0.05, 0) is 43.5 Å². The molecule has 0 unspecified atom stereocenters. The van der Waals surface area contributed by atoms with Gasteiger partial charge >= 0.3 is 5.97 Å². The zero-order valence-electron chi connectivity index (χ0n) is 17.7. The fraction of sp³-hybridized carbons (Fsp3) is 0.292. The number of aryl methyl sites for hydroxylation is 1. The van der Waals surface area contributed by atoms with Crippen LogP contribution < -0.4 is 10.1 Å². The second-order valence-corrected chi connectivity index (χ2v) is 7.80. The summed E-state index contributed by atoms with van der Waals surface area (Å²) in [4.78, 5) is 28.6. The largest absolute Gasteiger partial charge is 0.493 e. The zero-order valence-corrected chi connectivity index (χ0v) is 18.5. The van der Waals surface area contributed by atoms with E-state index in [9.17, 15) is 9.59 Å². The number of ether oxygens (including phenoxy) is 2. The van der Waals surface area contributed by atoms with Crippen LogP contribution in [0.5, 0.6) is 5.75 Å². The van der Waals surface area contributed by atoms with Crippen molar-refractivity contribution in [2.75, 3.05) is 19.8 Å². The van der Waals surface area contributed by atoms with Crippen LogP contribution in [0.2, 0.25) is 0 Å². The van der Waals surface area contributed by atoms with E-state index in [4.69, 9.17) is 9.47 Å². The topological polar surface area (TPSA) is 77.5 Å². The van der Waals surface area contributed by atoms with E-state index in [1.807, 2.05) is 67.8 Å². The van der Waals surface area contributed by atoms with Crippen LogP contribution >= 0.6 is 11.3 Å². The van der Waals surface area contributed by atoms with Crippen LogP contribution in [-0.2, 0) is 27.2 Å². The van der Waals surface area contributed by atoms with E-state index in [1.54, 1.807) is 0 Å². The number of carbonyl (C=O) groups is 2. The molecule has 0 aliphatic carbocycles. The van der Waals surface area contributed by atoms with Crippen molar-refractivity contribution < 1.29 is 19.1 Å². The molecule has 0 saturated heterocycles. The fourth-order valence-corrected chi connectivity index (χ4v) is 3.91. The number of hydrogen-bond donors (Lipinski definition) is 1. The highest BCUT2D eigenvalue weighted by Gasteiger charge is 2.14. The number of nitrogens with one attached hydrogen (secondary N) is 1. The molecule has 1 N–H and O–H groups in total. The van der Waals surface area contributed by atoms with Crippen molar-refractivity contribution in [3.8, 4) is 16.3 Å². The molecule has 7 heteroatoms. The van der Waals surface area contributed by atoms with Gasteiger partial charge in [-0.3, -0.25) is 9.59 Å². The first-order valence-electron chi connectivity index (χ1n) is 10.2. The Balaban J connectivity index is 1.44. The molecule has 3 rings (SSSR count). The van der Waals surface area contributed by atoms with Crippen molar-refractivity contribution >= 4 is 23.2 Å². The van der Waals surface area contributed by atoms with E-state index in [-0.39, 0.29) is 18.9 Å². The van der Waals surface area contributed by atoms with E-state index in [0.717, 1.165) is 22.7 Å². The van der Waals surface area contributed by atoms with Crippen LogP contribution in [0.3, 0.4) is 0 Å². The van der Waals surface area contributed by atoms with Crippen molar-refractivity contribution in [1.29, 1.82) is 0 Å². The smallest absolute Gasteiger partial charge is 0.312 e. The number of amides is 1. The predicted octanol–water partition coefficient (Wildman–Crippen LogP) is 3.96. The Kier molecular flexibility index (Phi) is 8.18. The second kappa shape index (κ2) is 11.3. The van der Waals surface area contributed by atoms with Crippen molar-refractivity contribution in [2.24, 2.45) is 0 Å². The molecule has 0 aliphatic heterocycles. The minimum absolute atomic E-state index is 0.0177. The maximum atomic E-state index is 12.1. The van der Waals surface area contributed by atoms with Gasteiger partial charge < -0.3 is 14.8 Å². The van der Waals surface area contributed by atoms with Crippen molar-refractivity contribution in [2.45, 2.75) is 26.7 Å². The summed E-state index contributed by atoms with van der Waals surface area (Å²) in [7, 11) is 0. The van der Waals surface area contributed by atoms with Crippen LogP contribution in [0.25, 0.3) is 10.6 Å². The van der Waals surface area contributed by atoms with Crippen LogP contribution in [-0.4, -0.2) is 36.6 Å². The fourth-order valence-electron chi connectivity index (χ4n) is 3.06. The maximum absolute atomic E-state index is 12.1. The highest BCUT2D eigenvalue weighted by atomic mass is 32.1. The number of thiazole rings is 1. The van der Waals surface area contributed by atoms with E-state index >= 15 is 0 Å². The van der Waals surface area contributed by atoms with E-state index in [2.05, 4.69) is 10.3 Å². The normalized spacial score (nSPS) is 10.5. The lowest BCUT2D eigenvalue weighted by molar-refractivity contribution is -0.147. The Labute approximate surface area is 186 Å². The SMILES string of the molecule is CCOc1ccccc1-c1nc(CC(=O)OCC(=O)NCCc2ccccc2C)cs1. The molecule has 0 saturated carbocycles. The number of para-hydroxylation sites is 1. The zero-order chi connectivity index (χ0) is 22.1. The molecule has 6 nitrogen and oxygen atoms in total. The van der Waals surface area contributed by atoms with E-state index < -0.39 is 5.97 Å². The average Bonchev–Trinajstić information content (AvgIpc) is 3.22. The van der Waals surface area contributed by atoms with E-state index in [0.29, 0.717) is 18.8 Å². The van der Waals surface area contributed by atoms with Gasteiger partial charge in [0, 0.05) is 11.9 Å². The van der Waals surface area contributed by atoms with E-state index in [1.165, 1.54) is 22.5 Å². The third kappa shape index (κ3) is 6.65. The van der Waals surface area contributed by atoms with Gasteiger partial charge in [0.1, 0.15) is 10.8 Å². The molecule has 162 valence electrons. The van der Waals surface area contributed by atoms with Crippen molar-refractivity contribution in [3.63, 3.8) is 0 Å². The minimum atomic E-state index is -0.482. The van der Waals surface area contributed by atoms with Crippen LogP contribution in [0.4, 0.5) is 0 Å². The molecule has 0 bridgehead atoms. The third-order valence-corrected chi connectivity index (χ3v) is 5.56. The molecule has 0 radical (unpaired) electrons. The Morgan fingerprint density at radius 1 is 1.10 bits per heavy atom. The Bertz CT molecular complexity index is 1030. The van der Waals surface area contributed by atoms with Gasteiger partial charge in [0.15, 0.2) is 6.61 Å². The quantitative estimate of drug-likeness (QED) is 0.485. The highest BCUT2D eigenvalue weighted by molar-refractivity contribution is 7.13. The molecule has 2 aromatic carbocycles. The summed E-state index contributed by atoms with van der Waals surface area (Å²) in [6.07, 6.45) is 0.751. The Hall–Kier alpha value is -3.19. The summed E-state index contributed by atoms with van der Waals surface area (Å²) < 4.78 is 10.7.